The number of amides is 2. The minimum atomic E-state index is -2.19. The molecule has 11 nitrogen and oxygen atoms in total. The summed E-state index contributed by atoms with van der Waals surface area (Å²) in [5, 5.41) is 20.4. The maximum absolute atomic E-state index is 12.4. The minimum absolute atomic E-state index is 0.0124. The second kappa shape index (κ2) is 7.25. The third-order valence-corrected chi connectivity index (χ3v) is 4.64. The van der Waals surface area contributed by atoms with Crippen LogP contribution >= 0.6 is 11.8 Å². The second-order valence-electron chi connectivity index (χ2n) is 5.46. The fourth-order valence-electron chi connectivity index (χ4n) is 2.49. The lowest BCUT2D eigenvalue weighted by molar-refractivity contribution is -0.256. The number of aliphatic carboxylic acids is 1. The van der Waals surface area contributed by atoms with Gasteiger partial charge in [-0.3, -0.25) is 19.2 Å². The van der Waals surface area contributed by atoms with E-state index in [2.05, 4.69) is 15.5 Å². The number of carbonyl (C=O) groups excluding carboxylic acids is 3. The predicted molar refractivity (Wildman–Crippen MR) is 83.2 cm³/mol. The highest BCUT2D eigenvalue weighted by Gasteiger charge is 2.59. The molecule has 12 heteroatoms. The van der Waals surface area contributed by atoms with Crippen LogP contribution in [-0.2, 0) is 28.8 Å². The fraction of sp³-hybridized carbons (Fsp3) is 0.429. The van der Waals surface area contributed by atoms with Gasteiger partial charge in [0.1, 0.15) is 17.7 Å². The van der Waals surface area contributed by atoms with Crippen LogP contribution in [0.15, 0.2) is 23.4 Å². The molecule has 1 aromatic heterocycles. The molecule has 1 aromatic rings. The molecule has 138 valence electrons. The zero-order chi connectivity index (χ0) is 18.7. The number of hydrogen-bond donors (Lipinski definition) is 2. The van der Waals surface area contributed by atoms with E-state index in [1.54, 1.807) is 12.1 Å². The first kappa shape index (κ1) is 18.1. The van der Waals surface area contributed by atoms with Crippen molar-refractivity contribution in [2.45, 2.75) is 29.6 Å². The van der Waals surface area contributed by atoms with Crippen molar-refractivity contribution in [3.05, 3.63) is 18.3 Å². The number of nitrogens with zero attached hydrogens (tertiary/aromatic N) is 3. The molecule has 2 aliphatic heterocycles. The van der Waals surface area contributed by atoms with Gasteiger partial charge < -0.3 is 15.2 Å². The zero-order valence-electron chi connectivity index (χ0n) is 13.3. The standard InChI is InChI=1S/C14H14N4O7S/c19-9(7-26-10-2-1-5-15-17-10)16-8-6-24-18(12(8)21)14(13(22)23)4-3-11(20)25-14/h1-2,5,8H,3-4,6-7H2,(H,16,19)(H,22,23)/t8-,14?/m0/s1. The number of carbonyl (C=O) groups is 4. The number of hydroxylamine groups is 2. The molecule has 0 spiro atoms. The van der Waals surface area contributed by atoms with E-state index in [1.807, 2.05) is 0 Å². The number of cyclic esters (lactones) is 1. The van der Waals surface area contributed by atoms with Gasteiger partial charge >= 0.3 is 17.7 Å². The van der Waals surface area contributed by atoms with E-state index in [0.717, 1.165) is 11.8 Å². The van der Waals surface area contributed by atoms with Crippen LogP contribution in [-0.4, -0.2) is 68.2 Å². The molecule has 0 aromatic carbocycles. The molecule has 1 unspecified atom stereocenters. The van der Waals surface area contributed by atoms with Crippen molar-refractivity contribution in [3.8, 4) is 0 Å². The summed E-state index contributed by atoms with van der Waals surface area (Å²) in [7, 11) is 0. The number of rotatable bonds is 6. The number of esters is 1. The Labute approximate surface area is 151 Å². The summed E-state index contributed by atoms with van der Waals surface area (Å²) in [6.45, 7) is -0.257. The average Bonchev–Trinajstić information content (AvgIpc) is 3.18. The van der Waals surface area contributed by atoms with E-state index < -0.39 is 35.5 Å². The normalized spacial score (nSPS) is 25.2. The van der Waals surface area contributed by atoms with Crippen LogP contribution in [0.4, 0.5) is 0 Å². The van der Waals surface area contributed by atoms with Gasteiger partial charge in [0.05, 0.1) is 12.2 Å². The number of aromatic nitrogens is 2. The van der Waals surface area contributed by atoms with Crippen LogP contribution in [0, 0.1) is 0 Å². The van der Waals surface area contributed by atoms with E-state index in [9.17, 15) is 24.3 Å². The lowest BCUT2D eigenvalue weighted by Crippen LogP contribution is -2.56. The van der Waals surface area contributed by atoms with Gasteiger partial charge in [0, 0.05) is 12.6 Å². The molecule has 2 aliphatic rings. The van der Waals surface area contributed by atoms with Gasteiger partial charge in [-0.25, -0.2) is 4.79 Å². The van der Waals surface area contributed by atoms with Crippen LogP contribution in [0.2, 0.25) is 0 Å². The molecule has 3 rings (SSSR count). The van der Waals surface area contributed by atoms with Crippen molar-refractivity contribution in [2.75, 3.05) is 12.4 Å². The minimum Gasteiger partial charge on any atom is -0.477 e. The number of carboxylic acids is 1. The average molecular weight is 382 g/mol. The van der Waals surface area contributed by atoms with Gasteiger partial charge in [0.15, 0.2) is 0 Å². The first-order valence-electron chi connectivity index (χ1n) is 7.54. The Hall–Kier alpha value is -2.73. The van der Waals surface area contributed by atoms with Crippen molar-refractivity contribution in [1.82, 2.24) is 20.6 Å². The smallest absolute Gasteiger partial charge is 0.372 e. The molecule has 0 radical (unpaired) electrons. The molecule has 2 N–H and O–H groups in total. The monoisotopic (exact) mass is 382 g/mol. The molecule has 0 bridgehead atoms. The van der Waals surface area contributed by atoms with E-state index in [4.69, 9.17) is 9.57 Å². The van der Waals surface area contributed by atoms with Gasteiger partial charge in [-0.15, -0.1) is 5.10 Å². The highest BCUT2D eigenvalue weighted by molar-refractivity contribution is 7.99. The molecule has 2 amide bonds. The number of thioether (sulfide) groups is 1. The predicted octanol–water partition coefficient (Wildman–Crippen LogP) is -1.05. The Morgan fingerprint density at radius 2 is 2.27 bits per heavy atom. The lowest BCUT2D eigenvalue weighted by Gasteiger charge is -2.30. The molecule has 2 saturated heterocycles. The summed E-state index contributed by atoms with van der Waals surface area (Å²) in [6, 6.07) is 2.29. The molecule has 0 aliphatic carbocycles. The Bertz CT molecular complexity index is 746. The van der Waals surface area contributed by atoms with E-state index in [1.165, 1.54) is 6.20 Å². The van der Waals surface area contributed by atoms with Crippen molar-refractivity contribution >= 4 is 35.5 Å². The van der Waals surface area contributed by atoms with Gasteiger partial charge in [-0.2, -0.15) is 10.2 Å². The van der Waals surface area contributed by atoms with Crippen molar-refractivity contribution < 1.29 is 33.9 Å². The first-order chi connectivity index (χ1) is 12.4. The largest absolute Gasteiger partial charge is 0.477 e. The number of ether oxygens (including phenoxy) is 1. The van der Waals surface area contributed by atoms with Gasteiger partial charge in [0.2, 0.25) is 5.91 Å². The van der Waals surface area contributed by atoms with Crippen LogP contribution in [0.5, 0.6) is 0 Å². The SMILES string of the molecule is O=C(CSc1cccnn1)N[C@H]1CON(C2(C(=O)O)CCC(=O)O2)C1=O. The number of nitrogens with one attached hydrogen (secondary N) is 1. The van der Waals surface area contributed by atoms with E-state index >= 15 is 0 Å². The maximum Gasteiger partial charge on any atom is 0.372 e. The van der Waals surface area contributed by atoms with E-state index in [-0.39, 0.29) is 25.2 Å². The summed E-state index contributed by atoms with van der Waals surface area (Å²) in [5.41, 5.74) is -2.19. The van der Waals surface area contributed by atoms with Crippen molar-refractivity contribution in [1.29, 1.82) is 0 Å². The molecule has 0 saturated carbocycles. The zero-order valence-corrected chi connectivity index (χ0v) is 14.1. The molecule has 2 fully saturated rings. The summed E-state index contributed by atoms with van der Waals surface area (Å²) in [5.74, 6) is -3.52. The lowest BCUT2D eigenvalue weighted by atomic mass is 10.1. The van der Waals surface area contributed by atoms with Crippen LogP contribution < -0.4 is 5.32 Å². The first-order valence-corrected chi connectivity index (χ1v) is 8.53. The molecular formula is C14H14N4O7S. The van der Waals surface area contributed by atoms with Crippen LogP contribution in [0.3, 0.4) is 0 Å². The second-order valence-corrected chi connectivity index (χ2v) is 6.46. The molecular weight excluding hydrogens is 368 g/mol. The maximum atomic E-state index is 12.4. The third kappa shape index (κ3) is 3.46. The van der Waals surface area contributed by atoms with Crippen LogP contribution in [0.25, 0.3) is 0 Å². The van der Waals surface area contributed by atoms with Crippen molar-refractivity contribution in [2.24, 2.45) is 0 Å². The van der Waals surface area contributed by atoms with Gasteiger partial charge in [0.25, 0.3) is 5.91 Å². The highest BCUT2D eigenvalue weighted by atomic mass is 32.2. The Balaban J connectivity index is 1.59. The van der Waals surface area contributed by atoms with Crippen molar-refractivity contribution in [3.63, 3.8) is 0 Å². The summed E-state index contributed by atoms with van der Waals surface area (Å²) in [6.07, 6.45) is 1.13. The number of hydrogen-bond acceptors (Lipinski definition) is 9. The molecule has 2 atom stereocenters. The molecule has 26 heavy (non-hydrogen) atoms. The Morgan fingerprint density at radius 3 is 2.88 bits per heavy atom. The topological polar surface area (TPSA) is 148 Å². The fourth-order valence-corrected chi connectivity index (χ4v) is 3.14. The number of carboxylic acid groups (broad SMARTS) is 1. The third-order valence-electron chi connectivity index (χ3n) is 3.72. The molecule has 3 heterocycles. The van der Waals surface area contributed by atoms with Gasteiger partial charge in [-0.05, 0) is 12.1 Å². The van der Waals surface area contributed by atoms with E-state index in [0.29, 0.717) is 10.1 Å². The quantitative estimate of drug-likeness (QED) is 0.461. The van der Waals surface area contributed by atoms with Crippen LogP contribution in [0.1, 0.15) is 12.8 Å². The summed E-state index contributed by atoms with van der Waals surface area (Å²) in [4.78, 5) is 52.4. The van der Waals surface area contributed by atoms with Gasteiger partial charge in [-0.1, -0.05) is 11.8 Å². The summed E-state index contributed by atoms with van der Waals surface area (Å²) < 4.78 is 4.83. The Kier molecular flexibility index (Phi) is 5.04. The summed E-state index contributed by atoms with van der Waals surface area (Å²) >= 11 is 1.13. The Morgan fingerprint density at radius 1 is 1.46 bits per heavy atom. The highest BCUT2D eigenvalue weighted by Crippen LogP contribution is 2.34.